The number of nitrogens with one attached hydrogen (secondary N) is 2. The molecular weight excluding hydrogens is 492 g/mol. The average molecular weight is 517 g/mol. The van der Waals surface area contributed by atoms with Gasteiger partial charge in [0, 0.05) is 17.0 Å². The molecule has 3 amide bonds. The van der Waals surface area contributed by atoms with Gasteiger partial charge in [-0.05, 0) is 35.9 Å². The summed E-state index contributed by atoms with van der Waals surface area (Å²) < 4.78 is 0. The molecule has 1 heterocycles. The molecule has 1 aliphatic heterocycles. The third-order valence-electron chi connectivity index (χ3n) is 5.32. The number of hydrazone groups is 1. The maximum absolute atomic E-state index is 13.4. The Labute approximate surface area is 217 Å². The van der Waals surface area contributed by atoms with Crippen LogP contribution in [0.25, 0.3) is 0 Å². The van der Waals surface area contributed by atoms with Crippen molar-refractivity contribution in [2.75, 3.05) is 10.3 Å². The highest BCUT2D eigenvalue weighted by atomic mass is 32.2. The van der Waals surface area contributed by atoms with Gasteiger partial charge in [-0.1, -0.05) is 54.6 Å². The highest BCUT2D eigenvalue weighted by Crippen LogP contribution is 2.36. The number of benzene rings is 3. The minimum Gasteiger partial charge on any atom is -0.481 e. The predicted octanol–water partition coefficient (Wildman–Crippen LogP) is 4.19. The second kappa shape index (κ2) is 12.0. The Morgan fingerprint density at radius 1 is 0.919 bits per heavy atom. The fraction of sp³-hybridized carbons (Fsp3) is 0.148. The van der Waals surface area contributed by atoms with Crippen molar-refractivity contribution in [1.82, 2.24) is 5.32 Å². The van der Waals surface area contributed by atoms with Gasteiger partial charge in [-0.15, -0.1) is 11.8 Å². The monoisotopic (exact) mass is 516 g/mol. The van der Waals surface area contributed by atoms with Crippen molar-refractivity contribution in [2.45, 2.75) is 29.4 Å². The lowest BCUT2D eigenvalue weighted by Crippen LogP contribution is -2.33. The van der Waals surface area contributed by atoms with Crippen molar-refractivity contribution in [3.05, 3.63) is 90.5 Å². The molecule has 1 unspecified atom stereocenters. The zero-order chi connectivity index (χ0) is 26.2. The van der Waals surface area contributed by atoms with Crippen LogP contribution in [-0.4, -0.2) is 34.6 Å². The number of carbonyl (C=O) groups excluding carboxylic acids is 3. The van der Waals surface area contributed by atoms with E-state index in [1.54, 1.807) is 42.5 Å². The molecule has 0 radical (unpaired) electrons. The molecule has 0 saturated heterocycles. The van der Waals surface area contributed by atoms with Crippen LogP contribution in [0.3, 0.4) is 0 Å². The fourth-order valence-electron chi connectivity index (χ4n) is 3.61. The highest BCUT2D eigenvalue weighted by molar-refractivity contribution is 8.00. The van der Waals surface area contributed by atoms with E-state index >= 15 is 0 Å². The molecule has 1 atom stereocenters. The number of carbonyl (C=O) groups is 4. The summed E-state index contributed by atoms with van der Waals surface area (Å²) in [6.45, 7) is 0. The van der Waals surface area contributed by atoms with Gasteiger partial charge in [0.05, 0.1) is 18.5 Å². The number of hydrogen-bond donors (Lipinski definition) is 3. The lowest BCUT2D eigenvalue weighted by atomic mass is 10.1. The maximum Gasteiger partial charge on any atom is 0.303 e. The number of nitrogens with zero attached hydrogens (tertiary/aromatic N) is 2. The molecule has 0 fully saturated rings. The van der Waals surface area contributed by atoms with Crippen LogP contribution in [0, 0.1) is 0 Å². The van der Waals surface area contributed by atoms with Crippen molar-refractivity contribution >= 4 is 52.7 Å². The Morgan fingerprint density at radius 3 is 2.32 bits per heavy atom. The molecule has 1 aliphatic rings. The predicted molar refractivity (Wildman–Crippen MR) is 141 cm³/mol. The lowest BCUT2D eigenvalue weighted by Gasteiger charge is -2.17. The van der Waals surface area contributed by atoms with Crippen molar-refractivity contribution in [2.24, 2.45) is 5.10 Å². The first kappa shape index (κ1) is 25.6. The van der Waals surface area contributed by atoms with Gasteiger partial charge < -0.3 is 15.7 Å². The molecule has 9 nitrogen and oxygen atoms in total. The number of carboxylic acids is 1. The smallest absolute Gasteiger partial charge is 0.303 e. The molecule has 3 aromatic carbocycles. The minimum atomic E-state index is -1.04. The second-order valence-corrected chi connectivity index (χ2v) is 9.31. The summed E-state index contributed by atoms with van der Waals surface area (Å²) >= 11 is 1.28. The van der Waals surface area contributed by atoms with E-state index in [-0.39, 0.29) is 36.9 Å². The summed E-state index contributed by atoms with van der Waals surface area (Å²) in [6.07, 6.45) is -0.419. The quantitative estimate of drug-likeness (QED) is 0.366. The van der Waals surface area contributed by atoms with Crippen molar-refractivity contribution in [1.29, 1.82) is 0 Å². The Morgan fingerprint density at radius 2 is 1.62 bits per heavy atom. The van der Waals surface area contributed by atoms with Crippen molar-refractivity contribution in [3.8, 4) is 0 Å². The molecule has 37 heavy (non-hydrogen) atoms. The molecular formula is C27H24N4O5S. The maximum atomic E-state index is 13.4. The Bertz CT molecular complexity index is 1330. The molecule has 10 heteroatoms. The first-order chi connectivity index (χ1) is 17.9. The van der Waals surface area contributed by atoms with E-state index in [0.29, 0.717) is 11.4 Å². The first-order valence-corrected chi connectivity index (χ1v) is 12.4. The molecule has 3 aromatic rings. The Kier molecular flexibility index (Phi) is 8.32. The Balaban J connectivity index is 1.50. The van der Waals surface area contributed by atoms with Crippen molar-refractivity contribution < 1.29 is 24.3 Å². The van der Waals surface area contributed by atoms with E-state index in [1.807, 2.05) is 42.5 Å². The molecule has 3 N–H and O–H groups in total. The molecule has 0 saturated carbocycles. The normalized spacial score (nSPS) is 13.6. The zero-order valence-electron chi connectivity index (χ0n) is 19.7. The third kappa shape index (κ3) is 7.05. The highest BCUT2D eigenvalue weighted by Gasteiger charge is 2.29. The van der Waals surface area contributed by atoms with Crippen LogP contribution in [0.2, 0.25) is 0 Å². The molecule has 0 spiro atoms. The van der Waals surface area contributed by atoms with Gasteiger partial charge in [-0.3, -0.25) is 19.2 Å². The number of para-hydroxylation sites is 1. The number of aliphatic carboxylic acids is 1. The molecule has 0 aliphatic carbocycles. The standard InChI is InChI=1S/C27H24N4O5S/c32-23(14-15-25(34)35)28-19-10-7-13-21(16-19)37-26(18-8-3-1-4-9-18)27(36)29-22-17-24(33)31(30-22)20-11-5-2-6-12-20/h1-13,16,26H,14-15,17H2,(H,28,32)(H,34,35)(H,29,30,36). The van der Waals surface area contributed by atoms with E-state index in [1.165, 1.54) is 16.8 Å². The van der Waals surface area contributed by atoms with Gasteiger partial charge in [0.25, 0.3) is 5.91 Å². The average Bonchev–Trinajstić information content (AvgIpc) is 3.27. The van der Waals surface area contributed by atoms with E-state index in [4.69, 9.17) is 5.11 Å². The second-order valence-electron chi connectivity index (χ2n) is 8.13. The van der Waals surface area contributed by atoms with Crippen LogP contribution >= 0.6 is 11.8 Å². The topological polar surface area (TPSA) is 128 Å². The summed E-state index contributed by atoms with van der Waals surface area (Å²) in [7, 11) is 0. The van der Waals surface area contributed by atoms with E-state index in [2.05, 4.69) is 15.7 Å². The van der Waals surface area contributed by atoms with E-state index < -0.39 is 17.1 Å². The van der Waals surface area contributed by atoms with Gasteiger partial charge in [-0.2, -0.15) is 10.1 Å². The third-order valence-corrected chi connectivity index (χ3v) is 6.57. The van der Waals surface area contributed by atoms with Crippen LogP contribution in [0.4, 0.5) is 11.4 Å². The number of amides is 3. The summed E-state index contributed by atoms with van der Waals surface area (Å²) in [5.41, 5.74) is 1.87. The summed E-state index contributed by atoms with van der Waals surface area (Å²) in [4.78, 5) is 49.4. The summed E-state index contributed by atoms with van der Waals surface area (Å²) in [5.74, 6) is -1.77. The number of amidine groups is 1. The first-order valence-electron chi connectivity index (χ1n) is 11.5. The van der Waals surface area contributed by atoms with E-state index in [0.717, 1.165) is 10.5 Å². The van der Waals surface area contributed by atoms with Gasteiger partial charge >= 0.3 is 5.97 Å². The number of rotatable bonds is 9. The minimum absolute atomic E-state index is 0.0231. The Hall–Kier alpha value is -4.44. The van der Waals surface area contributed by atoms with Crippen LogP contribution in [-0.2, 0) is 19.2 Å². The number of carboxylic acid groups (broad SMARTS) is 1. The van der Waals surface area contributed by atoms with Gasteiger partial charge in [0.1, 0.15) is 11.1 Å². The fourth-order valence-corrected chi connectivity index (χ4v) is 4.69. The lowest BCUT2D eigenvalue weighted by molar-refractivity contribution is -0.138. The van der Waals surface area contributed by atoms with Gasteiger partial charge in [0.2, 0.25) is 11.8 Å². The van der Waals surface area contributed by atoms with Crippen LogP contribution in [0.1, 0.15) is 30.1 Å². The van der Waals surface area contributed by atoms with Gasteiger partial charge in [-0.25, -0.2) is 0 Å². The summed E-state index contributed by atoms with van der Waals surface area (Å²) in [5, 5.41) is 19.2. The molecule has 188 valence electrons. The number of thioether (sulfide) groups is 1. The molecule has 0 aromatic heterocycles. The van der Waals surface area contributed by atoms with Gasteiger partial charge in [0.15, 0.2) is 0 Å². The van der Waals surface area contributed by atoms with Crippen molar-refractivity contribution in [3.63, 3.8) is 0 Å². The van der Waals surface area contributed by atoms with E-state index in [9.17, 15) is 19.2 Å². The van der Waals surface area contributed by atoms with Crippen LogP contribution < -0.4 is 15.6 Å². The number of hydrogen-bond acceptors (Lipinski definition) is 6. The molecule has 4 rings (SSSR count). The number of anilines is 2. The SMILES string of the molecule is O=C(O)CCC(=O)Nc1cccc(SC(C(=O)NC2=NN(c3ccccc3)C(=O)C2)c2ccccc2)c1. The van der Waals surface area contributed by atoms with Crippen LogP contribution in [0.15, 0.2) is 94.9 Å². The zero-order valence-corrected chi connectivity index (χ0v) is 20.5. The van der Waals surface area contributed by atoms with Crippen LogP contribution in [0.5, 0.6) is 0 Å². The largest absolute Gasteiger partial charge is 0.481 e. The summed E-state index contributed by atoms with van der Waals surface area (Å²) in [6, 6.07) is 25.2. The molecule has 0 bridgehead atoms.